The monoisotopic (exact) mass is 138 g/mol. The summed E-state index contributed by atoms with van der Waals surface area (Å²) < 4.78 is 5.08. The van der Waals surface area contributed by atoms with Crippen molar-refractivity contribution >= 4 is 0 Å². The predicted molar refractivity (Wildman–Crippen MR) is 36.9 cm³/mol. The molecule has 1 fully saturated rings. The molecule has 3 heteroatoms. The minimum Gasteiger partial charge on any atom is -0.361 e. The van der Waals surface area contributed by atoms with Gasteiger partial charge in [-0.15, -0.1) is 0 Å². The highest BCUT2D eigenvalue weighted by Gasteiger charge is 2.22. The molecule has 0 radical (unpaired) electrons. The molecule has 0 aromatic carbocycles. The molecular formula is C7H10N2O. The Bertz CT molecular complexity index is 227. The second-order valence-electron chi connectivity index (χ2n) is 2.73. The first-order chi connectivity index (χ1) is 4.86. The van der Waals surface area contributed by atoms with E-state index in [1.807, 2.05) is 13.0 Å². The normalized spacial score (nSPS) is 18.9. The quantitative estimate of drug-likeness (QED) is 0.619. The Morgan fingerprint density at radius 1 is 1.70 bits per heavy atom. The van der Waals surface area contributed by atoms with Crippen molar-refractivity contribution in [3.05, 3.63) is 17.5 Å². The summed E-state index contributed by atoms with van der Waals surface area (Å²) in [4.78, 5) is 0. The van der Waals surface area contributed by atoms with Gasteiger partial charge in [0.15, 0.2) is 0 Å². The summed E-state index contributed by atoms with van der Waals surface area (Å²) in [5, 5.41) is 7.00. The molecule has 0 saturated carbocycles. The second-order valence-corrected chi connectivity index (χ2v) is 2.73. The Kier molecular flexibility index (Phi) is 1.24. The van der Waals surface area contributed by atoms with Crippen molar-refractivity contribution in [3.63, 3.8) is 0 Å². The Morgan fingerprint density at radius 3 is 2.90 bits per heavy atom. The first-order valence-electron chi connectivity index (χ1n) is 3.50. The topological polar surface area (TPSA) is 38.1 Å². The molecule has 0 bridgehead atoms. The molecule has 1 aliphatic rings. The van der Waals surface area contributed by atoms with Crippen molar-refractivity contribution in [2.45, 2.75) is 12.8 Å². The van der Waals surface area contributed by atoms with Gasteiger partial charge in [0.1, 0.15) is 5.76 Å². The number of nitrogens with one attached hydrogen (secondary N) is 1. The summed E-state index contributed by atoms with van der Waals surface area (Å²) in [6, 6.07) is 2.01. The molecule has 1 saturated heterocycles. The number of hydrogen-bond acceptors (Lipinski definition) is 3. The minimum atomic E-state index is 0.571. The van der Waals surface area contributed by atoms with Crippen LogP contribution in [0.1, 0.15) is 17.4 Å². The van der Waals surface area contributed by atoms with Crippen LogP contribution < -0.4 is 5.32 Å². The summed E-state index contributed by atoms with van der Waals surface area (Å²) in [6.07, 6.45) is 0. The third kappa shape index (κ3) is 0.827. The average molecular weight is 138 g/mol. The zero-order valence-electron chi connectivity index (χ0n) is 5.92. The number of rotatable bonds is 1. The lowest BCUT2D eigenvalue weighted by Gasteiger charge is -2.23. The van der Waals surface area contributed by atoms with Gasteiger partial charge in [-0.3, -0.25) is 0 Å². The molecule has 0 aliphatic carbocycles. The van der Waals surface area contributed by atoms with E-state index >= 15 is 0 Å². The third-order valence-electron chi connectivity index (χ3n) is 1.83. The van der Waals surface area contributed by atoms with Gasteiger partial charge in [0, 0.05) is 25.1 Å². The van der Waals surface area contributed by atoms with Crippen LogP contribution in [-0.4, -0.2) is 18.2 Å². The summed E-state index contributed by atoms with van der Waals surface area (Å²) in [7, 11) is 0. The van der Waals surface area contributed by atoms with Crippen LogP contribution in [0.2, 0.25) is 0 Å². The Morgan fingerprint density at radius 2 is 2.50 bits per heavy atom. The zero-order chi connectivity index (χ0) is 6.97. The van der Waals surface area contributed by atoms with Gasteiger partial charge < -0.3 is 9.84 Å². The maximum atomic E-state index is 5.08. The van der Waals surface area contributed by atoms with Gasteiger partial charge in [0.05, 0.1) is 5.69 Å². The molecule has 0 spiro atoms. The number of aryl methyl sites for hydroxylation is 1. The summed E-state index contributed by atoms with van der Waals surface area (Å²) in [5.74, 6) is 1.59. The van der Waals surface area contributed by atoms with Crippen LogP contribution in [-0.2, 0) is 0 Å². The van der Waals surface area contributed by atoms with Crippen molar-refractivity contribution in [1.82, 2.24) is 10.5 Å². The first-order valence-corrected chi connectivity index (χ1v) is 3.50. The summed E-state index contributed by atoms with van der Waals surface area (Å²) >= 11 is 0. The maximum Gasteiger partial charge on any atom is 0.142 e. The first kappa shape index (κ1) is 5.92. The van der Waals surface area contributed by atoms with E-state index in [1.54, 1.807) is 0 Å². The van der Waals surface area contributed by atoms with Gasteiger partial charge in [-0.25, -0.2) is 0 Å². The van der Waals surface area contributed by atoms with Crippen molar-refractivity contribution in [3.8, 4) is 0 Å². The predicted octanol–water partition coefficient (Wildman–Crippen LogP) is 0.670. The number of nitrogens with zero attached hydrogens (tertiary/aromatic N) is 1. The molecule has 1 N–H and O–H groups in total. The van der Waals surface area contributed by atoms with Gasteiger partial charge >= 0.3 is 0 Å². The van der Waals surface area contributed by atoms with Gasteiger partial charge in [0.25, 0.3) is 0 Å². The van der Waals surface area contributed by atoms with Gasteiger partial charge in [0.2, 0.25) is 0 Å². The van der Waals surface area contributed by atoms with Crippen molar-refractivity contribution in [1.29, 1.82) is 0 Å². The molecule has 0 amide bonds. The van der Waals surface area contributed by atoms with Crippen molar-refractivity contribution < 1.29 is 4.52 Å². The molecule has 1 aromatic heterocycles. The molecule has 54 valence electrons. The van der Waals surface area contributed by atoms with E-state index in [-0.39, 0.29) is 0 Å². The SMILES string of the molecule is Cc1cc(C2CNC2)on1. The van der Waals surface area contributed by atoms with Crippen LogP contribution in [0.5, 0.6) is 0 Å². The second kappa shape index (κ2) is 2.09. The maximum absolute atomic E-state index is 5.08. The highest BCUT2D eigenvalue weighted by molar-refractivity contribution is 5.12. The lowest BCUT2D eigenvalue weighted by Crippen LogP contribution is -2.39. The lowest BCUT2D eigenvalue weighted by molar-refractivity contribution is 0.314. The molecule has 2 heterocycles. The van der Waals surface area contributed by atoms with Crippen LogP contribution in [0, 0.1) is 6.92 Å². The molecule has 2 rings (SSSR count). The van der Waals surface area contributed by atoms with Crippen molar-refractivity contribution in [2.75, 3.05) is 13.1 Å². The van der Waals surface area contributed by atoms with Gasteiger partial charge in [-0.05, 0) is 6.92 Å². The standard InChI is InChI=1S/C7H10N2O/c1-5-2-7(10-9-5)6-3-8-4-6/h2,6,8H,3-4H2,1H3. The highest BCUT2D eigenvalue weighted by Crippen LogP contribution is 2.19. The molecule has 1 aliphatic heterocycles. The summed E-state index contributed by atoms with van der Waals surface area (Å²) in [6.45, 7) is 4.02. The van der Waals surface area contributed by atoms with Crippen LogP contribution in [0.4, 0.5) is 0 Å². The minimum absolute atomic E-state index is 0.571. The molecular weight excluding hydrogens is 128 g/mol. The van der Waals surface area contributed by atoms with Crippen LogP contribution in [0.3, 0.4) is 0 Å². The largest absolute Gasteiger partial charge is 0.361 e. The molecule has 1 aromatic rings. The lowest BCUT2D eigenvalue weighted by atomic mass is 10.0. The van der Waals surface area contributed by atoms with E-state index in [2.05, 4.69) is 10.5 Å². The number of hydrogen-bond donors (Lipinski definition) is 1. The third-order valence-corrected chi connectivity index (χ3v) is 1.83. The fourth-order valence-corrected chi connectivity index (χ4v) is 1.07. The van der Waals surface area contributed by atoms with Gasteiger partial charge in [-0.1, -0.05) is 5.16 Å². The van der Waals surface area contributed by atoms with Crippen molar-refractivity contribution in [2.24, 2.45) is 0 Å². The van der Waals surface area contributed by atoms with E-state index in [0.717, 1.165) is 24.5 Å². The number of aromatic nitrogens is 1. The Labute approximate surface area is 59.4 Å². The molecule has 10 heavy (non-hydrogen) atoms. The fourth-order valence-electron chi connectivity index (χ4n) is 1.07. The van der Waals surface area contributed by atoms with E-state index < -0.39 is 0 Å². The van der Waals surface area contributed by atoms with E-state index in [9.17, 15) is 0 Å². The zero-order valence-corrected chi connectivity index (χ0v) is 5.92. The Balaban J connectivity index is 2.17. The van der Waals surface area contributed by atoms with E-state index in [0.29, 0.717) is 5.92 Å². The Hall–Kier alpha value is -0.830. The van der Waals surface area contributed by atoms with Crippen LogP contribution >= 0.6 is 0 Å². The van der Waals surface area contributed by atoms with Gasteiger partial charge in [-0.2, -0.15) is 0 Å². The smallest absolute Gasteiger partial charge is 0.142 e. The van der Waals surface area contributed by atoms with E-state index in [1.165, 1.54) is 0 Å². The fraction of sp³-hybridized carbons (Fsp3) is 0.571. The summed E-state index contributed by atoms with van der Waals surface area (Å²) in [5.41, 5.74) is 0.974. The van der Waals surface area contributed by atoms with Crippen LogP contribution in [0.25, 0.3) is 0 Å². The van der Waals surface area contributed by atoms with Crippen LogP contribution in [0.15, 0.2) is 10.6 Å². The van der Waals surface area contributed by atoms with E-state index in [4.69, 9.17) is 4.52 Å². The average Bonchev–Trinajstić information content (AvgIpc) is 2.10. The molecule has 0 unspecified atom stereocenters. The molecule has 3 nitrogen and oxygen atoms in total. The molecule has 0 atom stereocenters. The highest BCUT2D eigenvalue weighted by atomic mass is 16.5.